The highest BCUT2D eigenvalue weighted by Gasteiger charge is 2.29. The van der Waals surface area contributed by atoms with Gasteiger partial charge in [-0.2, -0.15) is 0 Å². The van der Waals surface area contributed by atoms with E-state index < -0.39 is 0 Å². The van der Waals surface area contributed by atoms with Crippen LogP contribution in [-0.4, -0.2) is 22.0 Å². The van der Waals surface area contributed by atoms with E-state index in [1.54, 1.807) is 0 Å². The summed E-state index contributed by atoms with van der Waals surface area (Å²) in [6.07, 6.45) is 4.18. The second kappa shape index (κ2) is 6.69. The van der Waals surface area contributed by atoms with Crippen molar-refractivity contribution in [2.75, 3.05) is 6.54 Å². The van der Waals surface area contributed by atoms with Crippen molar-refractivity contribution in [3.05, 3.63) is 59.9 Å². The van der Waals surface area contributed by atoms with E-state index >= 15 is 0 Å². The Morgan fingerprint density at radius 2 is 2.00 bits per heavy atom. The number of fused-ring (bicyclic) bond motifs is 1. The fourth-order valence-electron chi connectivity index (χ4n) is 3.16. The molecule has 2 amide bonds. The van der Waals surface area contributed by atoms with Crippen LogP contribution in [0.25, 0.3) is 0 Å². The minimum absolute atomic E-state index is 0.0368. The van der Waals surface area contributed by atoms with Crippen LogP contribution in [0.5, 0.6) is 0 Å². The number of nitrogens with one attached hydrogen (secondary N) is 1. The number of carbonyl (C=O) groups is 1. The third kappa shape index (κ3) is 3.01. The van der Waals surface area contributed by atoms with Crippen LogP contribution in [0.2, 0.25) is 0 Å². The zero-order chi connectivity index (χ0) is 15.4. The van der Waals surface area contributed by atoms with E-state index in [1.165, 1.54) is 5.69 Å². The van der Waals surface area contributed by atoms with Crippen LogP contribution in [0.3, 0.4) is 0 Å². The largest absolute Gasteiger partial charge is 0.348 e. The smallest absolute Gasteiger partial charge is 0.318 e. The molecule has 4 heteroatoms. The summed E-state index contributed by atoms with van der Waals surface area (Å²) in [6, 6.07) is 14.5. The maximum Gasteiger partial charge on any atom is 0.318 e. The van der Waals surface area contributed by atoms with E-state index in [1.807, 2.05) is 35.2 Å². The van der Waals surface area contributed by atoms with Gasteiger partial charge in [0.05, 0.1) is 6.04 Å². The summed E-state index contributed by atoms with van der Waals surface area (Å²) in [5.74, 6) is 0. The van der Waals surface area contributed by atoms with Crippen LogP contribution in [-0.2, 0) is 13.1 Å². The van der Waals surface area contributed by atoms with Crippen LogP contribution in [0, 0.1) is 0 Å². The predicted molar refractivity (Wildman–Crippen MR) is 87.5 cm³/mol. The topological polar surface area (TPSA) is 37.3 Å². The number of rotatable bonds is 4. The van der Waals surface area contributed by atoms with Crippen molar-refractivity contribution in [1.82, 2.24) is 14.8 Å². The molecule has 0 unspecified atom stereocenters. The van der Waals surface area contributed by atoms with Crippen molar-refractivity contribution in [2.45, 2.75) is 38.9 Å². The SMILES string of the molecule is CCC[C@@H]1c2cccn2CCN1C(=O)NCc1ccccc1. The quantitative estimate of drug-likeness (QED) is 0.920. The maximum atomic E-state index is 12.6. The zero-order valence-electron chi connectivity index (χ0n) is 13.0. The molecule has 0 radical (unpaired) electrons. The van der Waals surface area contributed by atoms with Crippen molar-refractivity contribution >= 4 is 6.03 Å². The first kappa shape index (κ1) is 14.7. The Kier molecular flexibility index (Phi) is 4.47. The maximum absolute atomic E-state index is 12.6. The minimum atomic E-state index is 0.0368. The molecule has 1 aliphatic heterocycles. The molecule has 4 nitrogen and oxygen atoms in total. The van der Waals surface area contributed by atoms with E-state index in [9.17, 15) is 4.79 Å². The van der Waals surface area contributed by atoms with Gasteiger partial charge in [-0.1, -0.05) is 43.7 Å². The van der Waals surface area contributed by atoms with Gasteiger partial charge in [0.15, 0.2) is 0 Å². The van der Waals surface area contributed by atoms with E-state index in [0.717, 1.165) is 31.5 Å². The molecule has 116 valence electrons. The fourth-order valence-corrected chi connectivity index (χ4v) is 3.16. The monoisotopic (exact) mass is 297 g/mol. The van der Waals surface area contributed by atoms with Gasteiger partial charge < -0.3 is 14.8 Å². The Labute approximate surface area is 131 Å². The number of amides is 2. The number of urea groups is 1. The average molecular weight is 297 g/mol. The Hall–Kier alpha value is -2.23. The second-order valence-electron chi connectivity index (χ2n) is 5.77. The van der Waals surface area contributed by atoms with Gasteiger partial charge >= 0.3 is 6.03 Å². The Morgan fingerprint density at radius 3 is 2.77 bits per heavy atom. The number of hydrogen-bond acceptors (Lipinski definition) is 1. The third-order valence-electron chi connectivity index (χ3n) is 4.27. The van der Waals surface area contributed by atoms with Crippen LogP contribution < -0.4 is 5.32 Å². The molecule has 0 spiro atoms. The summed E-state index contributed by atoms with van der Waals surface area (Å²) in [4.78, 5) is 14.6. The Bertz CT molecular complexity index is 620. The molecule has 2 aromatic rings. The first-order valence-corrected chi connectivity index (χ1v) is 8.03. The van der Waals surface area contributed by atoms with Crippen LogP contribution in [0.4, 0.5) is 4.79 Å². The minimum Gasteiger partial charge on any atom is -0.348 e. The van der Waals surface area contributed by atoms with Gasteiger partial charge in [-0.15, -0.1) is 0 Å². The van der Waals surface area contributed by atoms with E-state index in [-0.39, 0.29) is 12.1 Å². The molecule has 1 aromatic carbocycles. The Morgan fingerprint density at radius 1 is 1.18 bits per heavy atom. The molecule has 0 saturated carbocycles. The molecule has 0 bridgehead atoms. The molecule has 2 heterocycles. The third-order valence-corrected chi connectivity index (χ3v) is 4.27. The lowest BCUT2D eigenvalue weighted by molar-refractivity contribution is 0.150. The van der Waals surface area contributed by atoms with Crippen molar-refractivity contribution in [3.8, 4) is 0 Å². The van der Waals surface area contributed by atoms with Crippen LogP contribution in [0.15, 0.2) is 48.7 Å². The summed E-state index contributed by atoms with van der Waals surface area (Å²) in [7, 11) is 0. The number of carbonyl (C=O) groups excluding carboxylic acids is 1. The predicted octanol–water partition coefficient (Wildman–Crippen LogP) is 3.55. The molecule has 0 fully saturated rings. The van der Waals surface area contributed by atoms with Gasteiger partial charge in [0.25, 0.3) is 0 Å². The lowest BCUT2D eigenvalue weighted by Gasteiger charge is -2.37. The number of hydrogen-bond donors (Lipinski definition) is 1. The van der Waals surface area contributed by atoms with Gasteiger partial charge in [-0.05, 0) is 24.1 Å². The normalized spacial score (nSPS) is 17.1. The number of benzene rings is 1. The van der Waals surface area contributed by atoms with Gasteiger partial charge in [0.2, 0.25) is 0 Å². The standard InChI is InChI=1S/C18H23N3O/c1-2-7-17-16-10-6-11-20(16)12-13-21(17)18(22)19-14-15-8-4-3-5-9-15/h3-6,8-11,17H,2,7,12-14H2,1H3,(H,19,22)/t17-/m1/s1. The van der Waals surface area contributed by atoms with E-state index in [2.05, 4.69) is 35.1 Å². The van der Waals surface area contributed by atoms with Gasteiger partial charge in [0.1, 0.15) is 0 Å². The number of nitrogens with zero attached hydrogens (tertiary/aromatic N) is 2. The summed E-state index contributed by atoms with van der Waals surface area (Å²) < 4.78 is 2.27. The average Bonchev–Trinajstić information content (AvgIpc) is 3.03. The highest BCUT2D eigenvalue weighted by Crippen LogP contribution is 2.29. The molecule has 3 rings (SSSR count). The van der Waals surface area contributed by atoms with Gasteiger partial charge in [0, 0.05) is 31.5 Å². The molecular formula is C18H23N3O. The summed E-state index contributed by atoms with van der Waals surface area (Å²) in [5, 5.41) is 3.06. The highest BCUT2D eigenvalue weighted by atomic mass is 16.2. The van der Waals surface area contributed by atoms with Crippen molar-refractivity contribution in [3.63, 3.8) is 0 Å². The number of aromatic nitrogens is 1. The molecule has 0 saturated heterocycles. The summed E-state index contributed by atoms with van der Waals surface area (Å²) in [6.45, 7) is 4.40. The lowest BCUT2D eigenvalue weighted by Crippen LogP contribution is -2.46. The molecule has 1 aliphatic rings. The molecular weight excluding hydrogens is 274 g/mol. The Balaban J connectivity index is 1.69. The zero-order valence-corrected chi connectivity index (χ0v) is 13.0. The summed E-state index contributed by atoms with van der Waals surface area (Å²) >= 11 is 0. The fraction of sp³-hybridized carbons (Fsp3) is 0.389. The van der Waals surface area contributed by atoms with Crippen molar-refractivity contribution < 1.29 is 4.79 Å². The summed E-state index contributed by atoms with van der Waals surface area (Å²) in [5.41, 5.74) is 2.38. The first-order chi connectivity index (χ1) is 10.8. The molecule has 1 N–H and O–H groups in total. The van der Waals surface area contributed by atoms with Crippen LogP contribution >= 0.6 is 0 Å². The van der Waals surface area contributed by atoms with Crippen LogP contribution in [0.1, 0.15) is 37.1 Å². The van der Waals surface area contributed by atoms with Crippen molar-refractivity contribution in [1.29, 1.82) is 0 Å². The second-order valence-corrected chi connectivity index (χ2v) is 5.77. The van der Waals surface area contributed by atoms with E-state index in [0.29, 0.717) is 6.54 Å². The van der Waals surface area contributed by atoms with Crippen molar-refractivity contribution in [2.24, 2.45) is 0 Å². The van der Waals surface area contributed by atoms with Gasteiger partial charge in [-0.3, -0.25) is 0 Å². The highest BCUT2D eigenvalue weighted by molar-refractivity contribution is 5.74. The molecule has 1 aromatic heterocycles. The first-order valence-electron chi connectivity index (χ1n) is 8.03. The van der Waals surface area contributed by atoms with Gasteiger partial charge in [-0.25, -0.2) is 4.79 Å². The lowest BCUT2D eigenvalue weighted by atomic mass is 10.0. The molecule has 0 aliphatic carbocycles. The van der Waals surface area contributed by atoms with E-state index in [4.69, 9.17) is 0 Å². The molecule has 1 atom stereocenters. The molecule has 22 heavy (non-hydrogen) atoms.